The Kier molecular flexibility index (Phi) is 4.65. The molecule has 2 rings (SSSR count). The van der Waals surface area contributed by atoms with E-state index >= 15 is 0 Å². The average molecular weight is 277 g/mol. The lowest BCUT2D eigenvalue weighted by atomic mass is 10.0. The topological polar surface area (TPSA) is 49.8 Å². The number of amides is 1. The molecule has 1 N–H and O–H groups in total. The minimum Gasteiger partial charge on any atom is -0.496 e. The summed E-state index contributed by atoms with van der Waals surface area (Å²) >= 11 is 0. The first kappa shape index (κ1) is 14.9. The number of ether oxygens (including phenoxy) is 1. The quantitative estimate of drug-likeness (QED) is 0.917. The Balaban J connectivity index is 2.02. The molecule has 4 nitrogen and oxygen atoms in total. The summed E-state index contributed by atoms with van der Waals surface area (Å²) < 4.78 is 5.23. The highest BCUT2D eigenvalue weighted by molar-refractivity contribution is 5.79. The first-order chi connectivity index (χ1) is 9.52. The molecule has 1 amide bonds. The van der Waals surface area contributed by atoms with Crippen LogP contribution in [0.1, 0.15) is 30.4 Å². The van der Waals surface area contributed by atoms with Crippen LogP contribution in [0.4, 0.5) is 0 Å². The molecule has 1 aliphatic carbocycles. The van der Waals surface area contributed by atoms with E-state index in [4.69, 9.17) is 4.74 Å². The molecule has 0 radical (unpaired) electrons. The molecule has 1 aliphatic rings. The first-order valence-electron chi connectivity index (χ1n) is 7.09. The van der Waals surface area contributed by atoms with Gasteiger partial charge in [0.15, 0.2) is 0 Å². The predicted octanol–water partition coefficient (Wildman–Crippen LogP) is 2.12. The molecule has 0 heterocycles. The monoisotopic (exact) mass is 277 g/mol. The summed E-state index contributed by atoms with van der Waals surface area (Å²) in [5, 5.41) is 9.82. The van der Waals surface area contributed by atoms with Crippen LogP contribution in [0.25, 0.3) is 0 Å². The van der Waals surface area contributed by atoms with E-state index in [-0.39, 0.29) is 11.8 Å². The van der Waals surface area contributed by atoms with Gasteiger partial charge in [0, 0.05) is 13.6 Å². The van der Waals surface area contributed by atoms with E-state index < -0.39 is 6.10 Å². The van der Waals surface area contributed by atoms with E-state index in [1.54, 1.807) is 19.1 Å². The van der Waals surface area contributed by atoms with Crippen LogP contribution in [-0.4, -0.2) is 36.2 Å². The van der Waals surface area contributed by atoms with Gasteiger partial charge >= 0.3 is 0 Å². The van der Waals surface area contributed by atoms with Gasteiger partial charge in [-0.25, -0.2) is 0 Å². The maximum absolute atomic E-state index is 12.3. The fraction of sp³-hybridized carbons (Fsp3) is 0.562. The molecule has 1 aromatic carbocycles. The normalized spacial score (nSPS) is 21.8. The highest BCUT2D eigenvalue weighted by Crippen LogP contribution is 2.27. The van der Waals surface area contributed by atoms with Crippen molar-refractivity contribution in [1.29, 1.82) is 0 Å². The summed E-state index contributed by atoms with van der Waals surface area (Å²) in [7, 11) is 3.45. The molecule has 2 atom stereocenters. The molecule has 4 heteroatoms. The Labute approximate surface area is 120 Å². The summed E-state index contributed by atoms with van der Waals surface area (Å²) in [6.45, 7) is 2.55. The number of aliphatic hydroxyl groups is 1. The number of rotatable bonds is 4. The number of aliphatic hydroxyl groups excluding tert-OH is 1. The van der Waals surface area contributed by atoms with E-state index in [9.17, 15) is 9.90 Å². The van der Waals surface area contributed by atoms with E-state index in [1.807, 2.05) is 25.1 Å². The second kappa shape index (κ2) is 6.27. The van der Waals surface area contributed by atoms with Crippen molar-refractivity contribution >= 4 is 5.91 Å². The van der Waals surface area contributed by atoms with Crippen molar-refractivity contribution in [3.63, 3.8) is 0 Å². The minimum absolute atomic E-state index is 0.0449. The van der Waals surface area contributed by atoms with Gasteiger partial charge in [-0.2, -0.15) is 0 Å². The van der Waals surface area contributed by atoms with Gasteiger partial charge in [0.05, 0.1) is 19.1 Å². The summed E-state index contributed by atoms with van der Waals surface area (Å²) in [6, 6.07) is 5.93. The molecule has 1 saturated carbocycles. The van der Waals surface area contributed by atoms with Crippen LogP contribution in [0.2, 0.25) is 0 Å². The van der Waals surface area contributed by atoms with Crippen LogP contribution in [-0.2, 0) is 11.3 Å². The van der Waals surface area contributed by atoms with E-state index in [0.717, 1.165) is 36.1 Å². The van der Waals surface area contributed by atoms with Gasteiger partial charge in [0.2, 0.25) is 5.91 Å². The lowest BCUT2D eigenvalue weighted by Crippen LogP contribution is -2.36. The van der Waals surface area contributed by atoms with Crippen molar-refractivity contribution in [2.45, 2.75) is 38.8 Å². The number of carbonyl (C=O) groups excluding carboxylic acids is 1. The number of methoxy groups -OCH3 is 1. The zero-order chi connectivity index (χ0) is 14.7. The maximum Gasteiger partial charge on any atom is 0.228 e. The molecule has 1 aromatic rings. The van der Waals surface area contributed by atoms with Gasteiger partial charge in [-0.3, -0.25) is 4.79 Å². The Morgan fingerprint density at radius 2 is 2.20 bits per heavy atom. The molecule has 110 valence electrons. The Bertz CT molecular complexity index is 487. The van der Waals surface area contributed by atoms with E-state index in [1.165, 1.54) is 0 Å². The van der Waals surface area contributed by atoms with Crippen molar-refractivity contribution in [2.75, 3.05) is 14.2 Å². The number of hydrogen-bond donors (Lipinski definition) is 1. The summed E-state index contributed by atoms with van der Waals surface area (Å²) in [4.78, 5) is 14.0. The number of carbonyl (C=O) groups is 1. The van der Waals surface area contributed by atoms with Crippen molar-refractivity contribution in [1.82, 2.24) is 4.90 Å². The Hall–Kier alpha value is -1.55. The second-order valence-electron chi connectivity index (χ2n) is 5.60. The van der Waals surface area contributed by atoms with Crippen LogP contribution in [0.5, 0.6) is 5.75 Å². The summed E-state index contributed by atoms with van der Waals surface area (Å²) in [5.74, 6) is 0.678. The largest absolute Gasteiger partial charge is 0.496 e. The molecule has 0 aliphatic heterocycles. The van der Waals surface area contributed by atoms with Gasteiger partial charge in [0.25, 0.3) is 0 Å². The van der Waals surface area contributed by atoms with Gasteiger partial charge in [0.1, 0.15) is 5.75 Å². The van der Waals surface area contributed by atoms with Gasteiger partial charge in [-0.15, -0.1) is 0 Å². The lowest BCUT2D eigenvalue weighted by molar-refractivity contribution is -0.137. The Morgan fingerprint density at radius 1 is 1.45 bits per heavy atom. The molecule has 2 unspecified atom stereocenters. The fourth-order valence-electron chi connectivity index (χ4n) is 2.90. The van der Waals surface area contributed by atoms with E-state index in [0.29, 0.717) is 6.54 Å². The molecular weight excluding hydrogens is 254 g/mol. The number of hydrogen-bond acceptors (Lipinski definition) is 3. The van der Waals surface area contributed by atoms with Gasteiger partial charge < -0.3 is 14.7 Å². The highest BCUT2D eigenvalue weighted by Gasteiger charge is 2.33. The Morgan fingerprint density at radius 3 is 2.75 bits per heavy atom. The van der Waals surface area contributed by atoms with Gasteiger partial charge in [-0.1, -0.05) is 12.1 Å². The second-order valence-corrected chi connectivity index (χ2v) is 5.60. The van der Waals surface area contributed by atoms with Crippen molar-refractivity contribution in [2.24, 2.45) is 5.92 Å². The third-order valence-corrected chi connectivity index (χ3v) is 4.05. The molecular formula is C16H23NO3. The van der Waals surface area contributed by atoms with Crippen molar-refractivity contribution in [3.05, 3.63) is 29.3 Å². The average Bonchev–Trinajstić information content (AvgIpc) is 2.84. The lowest BCUT2D eigenvalue weighted by Gasteiger charge is -2.23. The number of benzene rings is 1. The highest BCUT2D eigenvalue weighted by atomic mass is 16.5. The molecule has 20 heavy (non-hydrogen) atoms. The molecule has 0 spiro atoms. The number of nitrogens with zero attached hydrogens (tertiary/aromatic N) is 1. The van der Waals surface area contributed by atoms with Crippen LogP contribution in [0, 0.1) is 12.8 Å². The molecule has 1 fully saturated rings. The molecule has 0 saturated heterocycles. The zero-order valence-electron chi connectivity index (χ0n) is 12.4. The third kappa shape index (κ3) is 3.12. The van der Waals surface area contributed by atoms with Crippen LogP contribution in [0.15, 0.2) is 18.2 Å². The smallest absolute Gasteiger partial charge is 0.228 e. The standard InChI is InChI=1S/C16H23NO3/c1-11-9-12(7-8-15(11)20-3)10-17(2)16(19)13-5-4-6-14(13)18/h7-9,13-14,18H,4-6,10H2,1-3H3. The predicted molar refractivity (Wildman–Crippen MR) is 77.6 cm³/mol. The van der Waals surface area contributed by atoms with Crippen molar-refractivity contribution < 1.29 is 14.6 Å². The SMILES string of the molecule is COc1ccc(CN(C)C(=O)C2CCCC2O)cc1C. The minimum atomic E-state index is -0.470. The first-order valence-corrected chi connectivity index (χ1v) is 7.09. The summed E-state index contributed by atoms with van der Waals surface area (Å²) in [6.07, 6.45) is 2.01. The van der Waals surface area contributed by atoms with E-state index in [2.05, 4.69) is 0 Å². The molecule has 0 aromatic heterocycles. The van der Waals surface area contributed by atoms with Gasteiger partial charge in [-0.05, 0) is 43.4 Å². The summed E-state index contributed by atoms with van der Waals surface area (Å²) in [5.41, 5.74) is 2.14. The third-order valence-electron chi connectivity index (χ3n) is 4.05. The number of aryl methyl sites for hydroxylation is 1. The fourth-order valence-corrected chi connectivity index (χ4v) is 2.90. The van der Waals surface area contributed by atoms with Crippen LogP contribution < -0.4 is 4.74 Å². The maximum atomic E-state index is 12.3. The van der Waals surface area contributed by atoms with Crippen LogP contribution in [0.3, 0.4) is 0 Å². The zero-order valence-corrected chi connectivity index (χ0v) is 12.4. The van der Waals surface area contributed by atoms with Crippen molar-refractivity contribution in [3.8, 4) is 5.75 Å². The van der Waals surface area contributed by atoms with Crippen LogP contribution >= 0.6 is 0 Å². The molecule has 0 bridgehead atoms.